The van der Waals surface area contributed by atoms with Crippen molar-refractivity contribution in [2.24, 2.45) is 0 Å². The molecule has 1 unspecified atom stereocenters. The van der Waals surface area contributed by atoms with Crippen LogP contribution in [-0.4, -0.2) is 14.2 Å². The highest BCUT2D eigenvalue weighted by Gasteiger charge is 2.40. The zero-order chi connectivity index (χ0) is 35.4. The molecule has 0 N–H and O–H groups in total. The van der Waals surface area contributed by atoms with E-state index in [1.165, 1.54) is 27.8 Å². The van der Waals surface area contributed by atoms with Crippen molar-refractivity contribution in [3.05, 3.63) is 183 Å². The van der Waals surface area contributed by atoms with Crippen molar-refractivity contribution in [2.45, 2.75) is 18.9 Å². The summed E-state index contributed by atoms with van der Waals surface area (Å²) >= 11 is 3.80. The van der Waals surface area contributed by atoms with Gasteiger partial charge in [-0.3, -0.25) is 0 Å². The summed E-state index contributed by atoms with van der Waals surface area (Å²) in [5.41, 5.74) is 10.9. The van der Waals surface area contributed by atoms with E-state index in [9.17, 15) is 0 Å². The molecule has 0 amide bonds. The molecule has 4 nitrogen and oxygen atoms in total. The second-order valence-corrected chi connectivity index (χ2v) is 14.4. The minimum Gasteiger partial charge on any atom is -0.496 e. The van der Waals surface area contributed by atoms with E-state index in [0.29, 0.717) is 0 Å². The molecule has 5 heteroatoms. The lowest BCUT2D eigenvalue weighted by Crippen LogP contribution is -2.34. The fourth-order valence-corrected chi connectivity index (χ4v) is 8.27. The minimum atomic E-state index is -0.925. The number of hydrogen-bond donors (Lipinski definition) is 0. The van der Waals surface area contributed by atoms with Gasteiger partial charge in [-0.2, -0.15) is 0 Å². The van der Waals surface area contributed by atoms with E-state index in [0.717, 1.165) is 72.7 Å². The third-order valence-corrected chi connectivity index (χ3v) is 11.0. The fourth-order valence-electron chi connectivity index (χ4n) is 7.77. The van der Waals surface area contributed by atoms with Crippen LogP contribution < -0.4 is 19.1 Å². The molecule has 7 aromatic carbocycles. The first-order chi connectivity index (χ1) is 25.4. The largest absolute Gasteiger partial charge is 0.496 e. The van der Waals surface area contributed by atoms with Crippen LogP contribution in [0.25, 0.3) is 28.0 Å². The minimum absolute atomic E-state index is 0.760. The number of hydrogen-bond acceptors (Lipinski definition) is 4. The number of rotatable bonds is 7. The van der Waals surface area contributed by atoms with Crippen LogP contribution in [0.1, 0.15) is 33.4 Å². The summed E-state index contributed by atoms with van der Waals surface area (Å²) in [7, 11) is 3.80. The third-order valence-electron chi connectivity index (χ3n) is 10.4. The van der Waals surface area contributed by atoms with Crippen LogP contribution in [0.2, 0.25) is 0 Å². The summed E-state index contributed by atoms with van der Waals surface area (Å²) in [4.78, 5) is 2.19. The Balaban J connectivity index is 1.22. The topological polar surface area (TPSA) is 30.9 Å². The Labute approximate surface area is 312 Å². The second kappa shape index (κ2) is 12.8. The molecule has 254 valence electrons. The summed E-state index contributed by atoms with van der Waals surface area (Å²) in [6, 6.07) is 48.3. The quantitative estimate of drug-likeness (QED) is 0.163. The molecule has 2 aliphatic rings. The van der Waals surface area contributed by atoms with Gasteiger partial charge in [-0.1, -0.05) is 90.5 Å². The molecule has 0 spiro atoms. The number of anilines is 2. The maximum absolute atomic E-state index is 7.52. The molecule has 1 aliphatic carbocycles. The van der Waals surface area contributed by atoms with Crippen LogP contribution >= 0.6 is 15.9 Å². The molecule has 0 aromatic heterocycles. The van der Waals surface area contributed by atoms with Crippen LogP contribution in [0.5, 0.6) is 23.0 Å². The molecule has 9 rings (SSSR count). The van der Waals surface area contributed by atoms with Crippen molar-refractivity contribution in [3.8, 4) is 34.1 Å². The molecular formula is C47H36BrNO3. The Bertz CT molecular complexity index is 2490. The molecule has 1 atom stereocenters. The number of para-hydroxylation sites is 2. The SMILES string of the molecule is COc1cc2c3c(c4c(c2cc1Br)-c1ccc(C)cc1C4)C=CC(c1ccc(Oc2ccccc2)cc1)(c1ccc(N(C)c2ccccc2)cc1)O3. The molecule has 52 heavy (non-hydrogen) atoms. The number of fused-ring (bicyclic) bond motifs is 8. The van der Waals surface area contributed by atoms with Crippen molar-refractivity contribution in [3.63, 3.8) is 0 Å². The van der Waals surface area contributed by atoms with Crippen LogP contribution in [0.3, 0.4) is 0 Å². The first-order valence-electron chi connectivity index (χ1n) is 17.5. The van der Waals surface area contributed by atoms with E-state index in [2.05, 4.69) is 138 Å². The summed E-state index contributed by atoms with van der Waals surface area (Å²) < 4.78 is 20.5. The Morgan fingerprint density at radius 1 is 0.712 bits per heavy atom. The highest BCUT2D eigenvalue weighted by atomic mass is 79.9. The summed E-state index contributed by atoms with van der Waals surface area (Å²) in [5.74, 6) is 3.16. The highest BCUT2D eigenvalue weighted by Crippen LogP contribution is 2.54. The van der Waals surface area contributed by atoms with Gasteiger partial charge in [0.05, 0.1) is 11.6 Å². The fraction of sp³-hybridized carbons (Fsp3) is 0.106. The van der Waals surface area contributed by atoms with Gasteiger partial charge in [-0.05, 0) is 124 Å². The zero-order valence-corrected chi connectivity index (χ0v) is 30.8. The Hall–Kier alpha value is -5.78. The third kappa shape index (κ3) is 5.35. The average molecular weight is 743 g/mol. The van der Waals surface area contributed by atoms with E-state index in [4.69, 9.17) is 14.2 Å². The predicted octanol–water partition coefficient (Wildman–Crippen LogP) is 12.4. The molecule has 0 radical (unpaired) electrons. The smallest absolute Gasteiger partial charge is 0.178 e. The van der Waals surface area contributed by atoms with Crippen LogP contribution in [0.15, 0.2) is 150 Å². The lowest BCUT2D eigenvalue weighted by molar-refractivity contribution is 0.163. The number of ether oxygens (including phenoxy) is 3. The molecule has 0 saturated heterocycles. The molecular weight excluding hydrogens is 706 g/mol. The van der Waals surface area contributed by atoms with Crippen LogP contribution in [-0.2, 0) is 12.0 Å². The standard InChI is InChI=1S/C47H36BrNO3/c1-30-14-23-38-31(26-30)27-40-39-24-25-47(33-17-21-37(22-18-33)51-36-12-8-5-9-13-36,32-15-19-35(20-16-32)49(2)34-10-6-4-7-11-34)52-46(39)42-29-44(50-3)43(48)28-41(42)45(38)40/h4-26,28-29H,27H2,1-3H3. The van der Waals surface area contributed by atoms with Crippen molar-refractivity contribution in [1.82, 2.24) is 0 Å². The Kier molecular flexibility index (Phi) is 7.89. The molecule has 1 aliphatic heterocycles. The van der Waals surface area contributed by atoms with Gasteiger partial charge in [-0.15, -0.1) is 0 Å². The number of benzene rings is 7. The Morgan fingerprint density at radius 2 is 1.37 bits per heavy atom. The number of halogens is 1. The summed E-state index contributed by atoms with van der Waals surface area (Å²) in [5, 5.41) is 2.15. The monoisotopic (exact) mass is 741 g/mol. The van der Waals surface area contributed by atoms with Gasteiger partial charge in [0.15, 0.2) is 5.60 Å². The van der Waals surface area contributed by atoms with Gasteiger partial charge in [-0.25, -0.2) is 0 Å². The van der Waals surface area contributed by atoms with Crippen molar-refractivity contribution in [2.75, 3.05) is 19.1 Å². The van der Waals surface area contributed by atoms with Crippen molar-refractivity contribution >= 4 is 44.2 Å². The van der Waals surface area contributed by atoms with E-state index in [1.807, 2.05) is 48.5 Å². The maximum atomic E-state index is 7.52. The predicted molar refractivity (Wildman–Crippen MR) is 216 cm³/mol. The van der Waals surface area contributed by atoms with Gasteiger partial charge >= 0.3 is 0 Å². The van der Waals surface area contributed by atoms with Gasteiger partial charge in [0.25, 0.3) is 0 Å². The van der Waals surface area contributed by atoms with Gasteiger partial charge in [0, 0.05) is 40.5 Å². The van der Waals surface area contributed by atoms with Crippen LogP contribution in [0.4, 0.5) is 11.4 Å². The highest BCUT2D eigenvalue weighted by molar-refractivity contribution is 9.10. The summed E-state index contributed by atoms with van der Waals surface area (Å²) in [6.07, 6.45) is 5.36. The molecule has 0 fully saturated rings. The van der Waals surface area contributed by atoms with Gasteiger partial charge < -0.3 is 19.1 Å². The number of nitrogens with zero attached hydrogens (tertiary/aromatic N) is 1. The molecule has 7 aromatic rings. The van der Waals surface area contributed by atoms with Gasteiger partial charge in [0.1, 0.15) is 23.0 Å². The van der Waals surface area contributed by atoms with E-state index in [1.54, 1.807) is 7.11 Å². The molecule has 0 saturated carbocycles. The first kappa shape index (κ1) is 32.1. The number of methoxy groups -OCH3 is 1. The van der Waals surface area contributed by atoms with Crippen LogP contribution in [0, 0.1) is 6.92 Å². The lowest BCUT2D eigenvalue weighted by atomic mass is 9.81. The normalized spacial score (nSPS) is 15.4. The number of aryl methyl sites for hydroxylation is 1. The molecule has 0 bridgehead atoms. The molecule has 1 heterocycles. The van der Waals surface area contributed by atoms with Gasteiger partial charge in [0.2, 0.25) is 0 Å². The Morgan fingerprint density at radius 3 is 2.08 bits per heavy atom. The summed E-state index contributed by atoms with van der Waals surface area (Å²) in [6.45, 7) is 2.16. The zero-order valence-electron chi connectivity index (χ0n) is 29.2. The lowest BCUT2D eigenvalue weighted by Gasteiger charge is -2.37. The van der Waals surface area contributed by atoms with Crippen molar-refractivity contribution in [1.29, 1.82) is 0 Å². The average Bonchev–Trinajstić information content (AvgIpc) is 3.57. The van der Waals surface area contributed by atoms with E-state index < -0.39 is 5.60 Å². The van der Waals surface area contributed by atoms with E-state index in [-0.39, 0.29) is 0 Å². The first-order valence-corrected chi connectivity index (χ1v) is 18.3. The second-order valence-electron chi connectivity index (χ2n) is 13.5. The van der Waals surface area contributed by atoms with E-state index >= 15 is 0 Å². The maximum Gasteiger partial charge on any atom is 0.178 e. The van der Waals surface area contributed by atoms with Crippen molar-refractivity contribution < 1.29 is 14.2 Å².